The summed E-state index contributed by atoms with van der Waals surface area (Å²) in [6.45, 7) is 9.38. The Hall–Kier alpha value is -2.08. The van der Waals surface area contributed by atoms with Crippen LogP contribution in [-0.4, -0.2) is 67.4 Å². The molecule has 1 aromatic rings. The van der Waals surface area contributed by atoms with Crippen molar-refractivity contribution in [3.05, 3.63) is 24.3 Å². The minimum absolute atomic E-state index is 0.00237. The summed E-state index contributed by atoms with van der Waals surface area (Å²) in [5, 5.41) is 2.98. The first-order valence-corrected chi connectivity index (χ1v) is 9.69. The number of piperazine rings is 1. The van der Waals surface area contributed by atoms with Gasteiger partial charge in [0.15, 0.2) is 0 Å². The van der Waals surface area contributed by atoms with Gasteiger partial charge in [-0.1, -0.05) is 13.8 Å². The van der Waals surface area contributed by atoms with Crippen LogP contribution in [0.15, 0.2) is 24.3 Å². The van der Waals surface area contributed by atoms with Crippen molar-refractivity contribution in [2.75, 3.05) is 56.0 Å². The van der Waals surface area contributed by atoms with E-state index in [-0.39, 0.29) is 17.7 Å². The van der Waals surface area contributed by atoms with Crippen LogP contribution in [0.25, 0.3) is 0 Å². The van der Waals surface area contributed by atoms with E-state index in [1.165, 1.54) is 18.5 Å². The van der Waals surface area contributed by atoms with E-state index in [1.54, 1.807) is 0 Å². The number of carbonyl (C=O) groups excluding carboxylic acids is 2. The van der Waals surface area contributed by atoms with Gasteiger partial charge >= 0.3 is 0 Å². The molecule has 0 radical (unpaired) electrons. The largest absolute Gasteiger partial charge is 0.372 e. The quantitative estimate of drug-likeness (QED) is 0.875. The molecule has 6 nitrogen and oxygen atoms in total. The first-order valence-electron chi connectivity index (χ1n) is 9.69. The lowest BCUT2D eigenvalue weighted by Gasteiger charge is -2.35. The van der Waals surface area contributed by atoms with Crippen LogP contribution in [0.4, 0.5) is 11.4 Å². The molecule has 1 N–H and O–H groups in total. The second kappa shape index (κ2) is 8.54. The van der Waals surface area contributed by atoms with Gasteiger partial charge in [0.05, 0.1) is 6.54 Å². The van der Waals surface area contributed by atoms with Gasteiger partial charge in [-0.2, -0.15) is 0 Å². The molecule has 3 rings (SSSR count). The van der Waals surface area contributed by atoms with Gasteiger partial charge in [-0.15, -0.1) is 0 Å². The minimum Gasteiger partial charge on any atom is -0.372 e. The van der Waals surface area contributed by atoms with Gasteiger partial charge < -0.3 is 15.1 Å². The van der Waals surface area contributed by atoms with E-state index in [0.717, 1.165) is 31.9 Å². The maximum Gasteiger partial charge on any atom is 0.238 e. The van der Waals surface area contributed by atoms with Crippen LogP contribution in [0.1, 0.15) is 26.7 Å². The van der Waals surface area contributed by atoms with E-state index in [9.17, 15) is 9.59 Å². The Morgan fingerprint density at radius 2 is 1.58 bits per heavy atom. The van der Waals surface area contributed by atoms with Crippen molar-refractivity contribution in [1.82, 2.24) is 9.80 Å². The summed E-state index contributed by atoms with van der Waals surface area (Å²) in [4.78, 5) is 30.7. The third-order valence-electron chi connectivity index (χ3n) is 5.17. The number of hydrogen-bond acceptors (Lipinski definition) is 4. The number of rotatable bonds is 5. The topological polar surface area (TPSA) is 55.9 Å². The molecule has 2 fully saturated rings. The Balaban J connectivity index is 1.43. The van der Waals surface area contributed by atoms with Crippen LogP contribution in [0.5, 0.6) is 0 Å². The zero-order valence-corrected chi connectivity index (χ0v) is 15.9. The predicted molar refractivity (Wildman–Crippen MR) is 104 cm³/mol. The maximum atomic E-state index is 12.3. The fraction of sp³-hybridized carbons (Fsp3) is 0.600. The highest BCUT2D eigenvalue weighted by Crippen LogP contribution is 2.22. The number of nitrogens with zero attached hydrogens (tertiary/aromatic N) is 3. The first-order chi connectivity index (χ1) is 12.5. The molecule has 2 saturated heterocycles. The highest BCUT2D eigenvalue weighted by Gasteiger charge is 2.23. The number of amides is 2. The number of carbonyl (C=O) groups is 2. The van der Waals surface area contributed by atoms with Gasteiger partial charge in [0.1, 0.15) is 0 Å². The number of nitrogens with one attached hydrogen (secondary N) is 1. The lowest BCUT2D eigenvalue weighted by molar-refractivity contribution is -0.136. The van der Waals surface area contributed by atoms with Crippen molar-refractivity contribution in [3.63, 3.8) is 0 Å². The van der Waals surface area contributed by atoms with Crippen molar-refractivity contribution in [1.29, 1.82) is 0 Å². The third kappa shape index (κ3) is 4.75. The SMILES string of the molecule is CC(C)C(=O)N1CCN(CC(=O)Nc2ccc(N3CCCC3)cc2)CC1. The Morgan fingerprint density at radius 1 is 0.962 bits per heavy atom. The van der Waals surface area contributed by atoms with Crippen LogP contribution >= 0.6 is 0 Å². The molecule has 0 saturated carbocycles. The number of benzene rings is 1. The molecule has 2 aliphatic heterocycles. The van der Waals surface area contributed by atoms with Crippen molar-refractivity contribution in [2.24, 2.45) is 5.92 Å². The molecular weight excluding hydrogens is 328 g/mol. The molecule has 26 heavy (non-hydrogen) atoms. The monoisotopic (exact) mass is 358 g/mol. The summed E-state index contributed by atoms with van der Waals surface area (Å²) in [5.74, 6) is 0.239. The lowest BCUT2D eigenvalue weighted by atomic mass is 10.1. The van der Waals surface area contributed by atoms with Crippen molar-refractivity contribution >= 4 is 23.2 Å². The van der Waals surface area contributed by atoms with E-state index >= 15 is 0 Å². The predicted octanol–water partition coefficient (Wildman–Crippen LogP) is 2.03. The molecule has 2 aliphatic rings. The van der Waals surface area contributed by atoms with Crippen molar-refractivity contribution in [2.45, 2.75) is 26.7 Å². The normalized spacial score (nSPS) is 18.4. The summed E-state index contributed by atoms with van der Waals surface area (Å²) in [6, 6.07) is 8.12. The van der Waals surface area contributed by atoms with Gasteiger partial charge in [0.25, 0.3) is 0 Å². The van der Waals surface area contributed by atoms with Gasteiger partial charge in [0.2, 0.25) is 11.8 Å². The standard InChI is InChI=1S/C20H30N4O2/c1-16(2)20(26)24-13-11-22(12-14-24)15-19(25)21-17-5-7-18(8-6-17)23-9-3-4-10-23/h5-8,16H,3-4,9-15H2,1-2H3,(H,21,25). The molecule has 0 unspecified atom stereocenters. The smallest absolute Gasteiger partial charge is 0.238 e. The molecule has 1 aromatic carbocycles. The van der Waals surface area contributed by atoms with Crippen molar-refractivity contribution in [3.8, 4) is 0 Å². The summed E-state index contributed by atoms with van der Waals surface area (Å²) < 4.78 is 0. The third-order valence-corrected chi connectivity index (χ3v) is 5.17. The fourth-order valence-electron chi connectivity index (χ4n) is 3.63. The van der Waals surface area contributed by atoms with E-state index in [0.29, 0.717) is 19.6 Å². The highest BCUT2D eigenvalue weighted by molar-refractivity contribution is 5.92. The minimum atomic E-state index is 0.00237. The Morgan fingerprint density at radius 3 is 2.15 bits per heavy atom. The lowest BCUT2D eigenvalue weighted by Crippen LogP contribution is -2.51. The average Bonchev–Trinajstić information content (AvgIpc) is 3.17. The van der Waals surface area contributed by atoms with E-state index in [4.69, 9.17) is 0 Å². The molecule has 0 aromatic heterocycles. The average molecular weight is 358 g/mol. The molecule has 2 heterocycles. The van der Waals surface area contributed by atoms with Crippen LogP contribution in [0.3, 0.4) is 0 Å². The Kier molecular flexibility index (Phi) is 6.14. The van der Waals surface area contributed by atoms with Gasteiger partial charge in [-0.05, 0) is 37.1 Å². The second-order valence-electron chi connectivity index (χ2n) is 7.55. The van der Waals surface area contributed by atoms with E-state index in [2.05, 4.69) is 27.2 Å². The summed E-state index contributed by atoms with van der Waals surface area (Å²) in [7, 11) is 0. The number of hydrogen-bond donors (Lipinski definition) is 1. The molecular formula is C20H30N4O2. The zero-order chi connectivity index (χ0) is 18.5. The van der Waals surface area contributed by atoms with Gasteiger partial charge in [-0.25, -0.2) is 0 Å². The zero-order valence-electron chi connectivity index (χ0n) is 15.9. The first kappa shape index (κ1) is 18.7. The highest BCUT2D eigenvalue weighted by atomic mass is 16.2. The summed E-state index contributed by atoms with van der Waals surface area (Å²) >= 11 is 0. The van der Waals surface area contributed by atoms with Gasteiger partial charge in [-0.3, -0.25) is 14.5 Å². The second-order valence-corrected chi connectivity index (χ2v) is 7.55. The molecule has 2 amide bonds. The van der Waals surface area contributed by atoms with Crippen LogP contribution in [-0.2, 0) is 9.59 Å². The van der Waals surface area contributed by atoms with E-state index < -0.39 is 0 Å². The fourth-order valence-corrected chi connectivity index (χ4v) is 3.63. The summed E-state index contributed by atoms with van der Waals surface area (Å²) in [5.41, 5.74) is 2.07. The molecule has 142 valence electrons. The molecule has 0 atom stereocenters. The van der Waals surface area contributed by atoms with E-state index in [1.807, 2.05) is 30.9 Å². The summed E-state index contributed by atoms with van der Waals surface area (Å²) in [6.07, 6.45) is 2.52. The number of anilines is 2. The molecule has 6 heteroatoms. The van der Waals surface area contributed by atoms with Crippen LogP contribution in [0.2, 0.25) is 0 Å². The van der Waals surface area contributed by atoms with Crippen LogP contribution in [0, 0.1) is 5.92 Å². The van der Waals surface area contributed by atoms with Gasteiger partial charge in [0, 0.05) is 56.6 Å². The molecule has 0 bridgehead atoms. The molecule has 0 aliphatic carbocycles. The van der Waals surface area contributed by atoms with Crippen LogP contribution < -0.4 is 10.2 Å². The van der Waals surface area contributed by atoms with Crippen molar-refractivity contribution < 1.29 is 9.59 Å². The Labute approximate surface area is 156 Å². The Bertz CT molecular complexity index is 615. The maximum absolute atomic E-state index is 12.3. The molecule has 0 spiro atoms.